The molecule has 0 atom stereocenters. The predicted molar refractivity (Wildman–Crippen MR) is 77.6 cm³/mol. The van der Waals surface area contributed by atoms with E-state index in [2.05, 4.69) is 10.6 Å². The van der Waals surface area contributed by atoms with Crippen LogP contribution in [-0.2, 0) is 11.3 Å². The zero-order valence-corrected chi connectivity index (χ0v) is 12.1. The van der Waals surface area contributed by atoms with Crippen LogP contribution in [0.3, 0.4) is 0 Å². The fourth-order valence-corrected chi connectivity index (χ4v) is 3.16. The molecule has 1 aliphatic rings. The number of rotatable bonds is 5. The lowest BCUT2D eigenvalue weighted by molar-refractivity contribution is -0.143. The summed E-state index contributed by atoms with van der Waals surface area (Å²) < 4.78 is 0. The zero-order chi connectivity index (χ0) is 14.4. The molecule has 1 heterocycles. The highest BCUT2D eigenvalue weighted by molar-refractivity contribution is 7.07. The van der Waals surface area contributed by atoms with E-state index in [0.29, 0.717) is 19.0 Å². The summed E-state index contributed by atoms with van der Waals surface area (Å²) in [5, 5.41) is 18.6. The third-order valence-electron chi connectivity index (χ3n) is 3.78. The van der Waals surface area contributed by atoms with Crippen LogP contribution >= 0.6 is 11.3 Å². The van der Waals surface area contributed by atoms with Gasteiger partial charge in [-0.2, -0.15) is 11.3 Å². The van der Waals surface area contributed by atoms with Gasteiger partial charge in [0.15, 0.2) is 0 Å². The molecule has 0 radical (unpaired) electrons. The Labute approximate surface area is 122 Å². The molecule has 0 bridgehead atoms. The lowest BCUT2D eigenvalue weighted by Gasteiger charge is -2.26. The van der Waals surface area contributed by atoms with Crippen LogP contribution in [0.25, 0.3) is 0 Å². The maximum absolute atomic E-state index is 11.6. The summed E-state index contributed by atoms with van der Waals surface area (Å²) >= 11 is 1.61. The van der Waals surface area contributed by atoms with Gasteiger partial charge in [-0.3, -0.25) is 4.79 Å². The number of urea groups is 1. The second-order valence-corrected chi connectivity index (χ2v) is 6.03. The molecule has 1 saturated carbocycles. The van der Waals surface area contributed by atoms with Crippen LogP contribution in [0.15, 0.2) is 16.8 Å². The normalized spacial score (nSPS) is 22.2. The molecular weight excluding hydrogens is 276 g/mol. The van der Waals surface area contributed by atoms with Gasteiger partial charge in [0, 0.05) is 13.1 Å². The summed E-state index contributed by atoms with van der Waals surface area (Å²) in [5.41, 5.74) is 1.10. The fraction of sp³-hybridized carbons (Fsp3) is 0.571. The third-order valence-corrected chi connectivity index (χ3v) is 4.51. The van der Waals surface area contributed by atoms with Crippen molar-refractivity contribution in [3.63, 3.8) is 0 Å². The van der Waals surface area contributed by atoms with E-state index in [4.69, 9.17) is 5.11 Å². The minimum Gasteiger partial charge on any atom is -0.481 e. The average Bonchev–Trinajstić information content (AvgIpc) is 2.96. The van der Waals surface area contributed by atoms with Crippen LogP contribution < -0.4 is 10.6 Å². The van der Waals surface area contributed by atoms with Gasteiger partial charge in [0.1, 0.15) is 0 Å². The Balaban J connectivity index is 1.61. The Kier molecular flexibility index (Phi) is 5.40. The summed E-state index contributed by atoms with van der Waals surface area (Å²) in [6.45, 7) is 1.17. The molecule has 0 aromatic carbocycles. The molecule has 1 aromatic heterocycles. The zero-order valence-electron chi connectivity index (χ0n) is 11.3. The highest BCUT2D eigenvalue weighted by atomic mass is 32.1. The second-order valence-electron chi connectivity index (χ2n) is 5.25. The first-order valence-electron chi connectivity index (χ1n) is 6.90. The molecule has 110 valence electrons. The lowest BCUT2D eigenvalue weighted by atomic mass is 9.82. The Morgan fingerprint density at radius 3 is 2.60 bits per heavy atom. The first-order chi connectivity index (χ1) is 9.65. The van der Waals surface area contributed by atoms with Crippen LogP contribution in [0.2, 0.25) is 0 Å². The SMILES string of the molecule is O=C(NCc1ccsc1)NCC1CCC(C(=O)O)CC1. The van der Waals surface area contributed by atoms with E-state index in [1.807, 2.05) is 16.8 Å². The molecule has 0 unspecified atom stereocenters. The van der Waals surface area contributed by atoms with Crippen molar-refractivity contribution < 1.29 is 14.7 Å². The Morgan fingerprint density at radius 2 is 2.00 bits per heavy atom. The Morgan fingerprint density at radius 1 is 1.25 bits per heavy atom. The molecule has 1 aliphatic carbocycles. The van der Waals surface area contributed by atoms with Gasteiger partial charge >= 0.3 is 12.0 Å². The predicted octanol–water partition coefficient (Wildman–Crippen LogP) is 2.44. The Hall–Kier alpha value is -1.56. The van der Waals surface area contributed by atoms with E-state index < -0.39 is 5.97 Å². The van der Waals surface area contributed by atoms with Crippen LogP contribution in [-0.4, -0.2) is 23.7 Å². The van der Waals surface area contributed by atoms with Crippen molar-refractivity contribution in [1.29, 1.82) is 0 Å². The number of hydrogen-bond donors (Lipinski definition) is 3. The summed E-state index contributed by atoms with van der Waals surface area (Å²) in [6, 6.07) is 1.83. The minimum absolute atomic E-state index is 0.156. The monoisotopic (exact) mass is 296 g/mol. The highest BCUT2D eigenvalue weighted by Gasteiger charge is 2.25. The quantitative estimate of drug-likeness (QED) is 0.781. The molecule has 1 fully saturated rings. The largest absolute Gasteiger partial charge is 0.481 e. The summed E-state index contributed by atoms with van der Waals surface area (Å²) in [7, 11) is 0. The number of thiophene rings is 1. The fourth-order valence-electron chi connectivity index (χ4n) is 2.49. The van der Waals surface area contributed by atoms with Gasteiger partial charge < -0.3 is 15.7 Å². The van der Waals surface area contributed by atoms with Gasteiger partial charge in [0.2, 0.25) is 0 Å². The van der Waals surface area contributed by atoms with Gasteiger partial charge in [-0.05, 0) is 54.0 Å². The maximum Gasteiger partial charge on any atom is 0.315 e. The number of aliphatic carboxylic acids is 1. The molecular formula is C14H20N2O3S. The molecule has 1 aromatic rings. The minimum atomic E-state index is -0.690. The first kappa shape index (κ1) is 14.8. The first-order valence-corrected chi connectivity index (χ1v) is 7.85. The number of carboxylic acid groups (broad SMARTS) is 1. The highest BCUT2D eigenvalue weighted by Crippen LogP contribution is 2.28. The van der Waals surface area contributed by atoms with E-state index in [0.717, 1.165) is 31.2 Å². The van der Waals surface area contributed by atoms with Crippen LogP contribution in [0.4, 0.5) is 4.79 Å². The van der Waals surface area contributed by atoms with Crippen molar-refractivity contribution in [1.82, 2.24) is 10.6 Å². The number of carbonyl (C=O) groups is 2. The Bertz CT molecular complexity index is 439. The molecule has 0 spiro atoms. The third kappa shape index (κ3) is 4.52. The number of carboxylic acids is 1. The standard InChI is InChI=1S/C14H20N2O3S/c17-13(18)12-3-1-10(2-4-12)7-15-14(19)16-8-11-5-6-20-9-11/h5-6,9-10,12H,1-4,7-8H2,(H,17,18)(H2,15,16,19). The number of carbonyl (C=O) groups excluding carboxylic acids is 1. The van der Waals surface area contributed by atoms with Gasteiger partial charge in [0.05, 0.1) is 5.92 Å². The van der Waals surface area contributed by atoms with Crippen molar-refractivity contribution >= 4 is 23.3 Å². The van der Waals surface area contributed by atoms with E-state index in [1.54, 1.807) is 11.3 Å². The van der Waals surface area contributed by atoms with Crippen LogP contribution in [0.5, 0.6) is 0 Å². The molecule has 3 N–H and O–H groups in total. The number of amides is 2. The van der Waals surface area contributed by atoms with Crippen molar-refractivity contribution in [3.8, 4) is 0 Å². The van der Waals surface area contributed by atoms with Crippen molar-refractivity contribution in [2.24, 2.45) is 11.8 Å². The van der Waals surface area contributed by atoms with Crippen molar-refractivity contribution in [3.05, 3.63) is 22.4 Å². The average molecular weight is 296 g/mol. The topological polar surface area (TPSA) is 78.4 Å². The molecule has 0 aliphatic heterocycles. The summed E-state index contributed by atoms with van der Waals surface area (Å²) in [4.78, 5) is 22.5. The molecule has 20 heavy (non-hydrogen) atoms. The van der Waals surface area contributed by atoms with Gasteiger partial charge in [-0.15, -0.1) is 0 Å². The summed E-state index contributed by atoms with van der Waals surface area (Å²) in [6.07, 6.45) is 3.19. The van der Waals surface area contributed by atoms with E-state index in [9.17, 15) is 9.59 Å². The van der Waals surface area contributed by atoms with Gasteiger partial charge in [-0.1, -0.05) is 0 Å². The number of nitrogens with one attached hydrogen (secondary N) is 2. The molecule has 2 amide bonds. The van der Waals surface area contributed by atoms with Crippen LogP contribution in [0, 0.1) is 11.8 Å². The van der Waals surface area contributed by atoms with E-state index in [-0.39, 0.29) is 11.9 Å². The maximum atomic E-state index is 11.6. The smallest absolute Gasteiger partial charge is 0.315 e. The molecule has 0 saturated heterocycles. The van der Waals surface area contributed by atoms with Crippen molar-refractivity contribution in [2.75, 3.05) is 6.54 Å². The molecule has 5 nitrogen and oxygen atoms in total. The molecule has 2 rings (SSSR count). The lowest BCUT2D eigenvalue weighted by Crippen LogP contribution is -2.38. The van der Waals surface area contributed by atoms with Crippen molar-refractivity contribution in [2.45, 2.75) is 32.2 Å². The van der Waals surface area contributed by atoms with Crippen LogP contribution in [0.1, 0.15) is 31.2 Å². The summed E-state index contributed by atoms with van der Waals surface area (Å²) in [5.74, 6) is -0.485. The number of hydrogen-bond acceptors (Lipinski definition) is 3. The van der Waals surface area contributed by atoms with E-state index in [1.165, 1.54) is 0 Å². The van der Waals surface area contributed by atoms with Gasteiger partial charge in [0.25, 0.3) is 0 Å². The van der Waals surface area contributed by atoms with E-state index >= 15 is 0 Å². The van der Waals surface area contributed by atoms with Gasteiger partial charge in [-0.25, -0.2) is 4.79 Å². The molecule has 6 heteroatoms. The second kappa shape index (κ2) is 7.28.